The minimum absolute atomic E-state index is 0.164. The summed E-state index contributed by atoms with van der Waals surface area (Å²) in [4.78, 5) is 2.43. The first-order chi connectivity index (χ1) is 8.84. The number of thioether (sulfide) groups is 1. The minimum atomic E-state index is -0.164. The van der Waals surface area contributed by atoms with Gasteiger partial charge in [0.25, 0.3) is 0 Å². The number of nitrogens with zero attached hydrogens (tertiary/aromatic N) is 1. The summed E-state index contributed by atoms with van der Waals surface area (Å²) in [5, 5.41) is 5.86. The first kappa shape index (κ1) is 12.1. The van der Waals surface area contributed by atoms with Gasteiger partial charge in [-0.3, -0.25) is 0 Å². The first-order valence-corrected chi connectivity index (χ1v) is 7.34. The van der Waals surface area contributed by atoms with Gasteiger partial charge in [-0.15, -0.1) is 11.8 Å². The Morgan fingerprint density at radius 3 is 2.61 bits per heavy atom. The Morgan fingerprint density at radius 1 is 1.17 bits per heavy atom. The molecule has 0 radical (unpaired) electrons. The quantitative estimate of drug-likeness (QED) is 0.883. The second-order valence-electron chi connectivity index (χ2n) is 4.75. The molecule has 1 saturated heterocycles. The molecule has 2 aliphatic heterocycles. The molecule has 1 unspecified atom stereocenters. The maximum atomic E-state index is 13.0. The molecule has 1 atom stereocenters. The molecule has 1 fully saturated rings. The van der Waals surface area contributed by atoms with E-state index in [9.17, 15) is 4.39 Å². The number of hydrogen-bond donors (Lipinski definition) is 1. The fraction of sp³-hybridized carbons (Fsp3) is 0.429. The zero-order chi connectivity index (χ0) is 12.4. The largest absolute Gasteiger partial charge is 0.358 e. The molecule has 1 aromatic rings. The van der Waals surface area contributed by atoms with Crippen molar-refractivity contribution in [2.75, 3.05) is 13.1 Å². The molecule has 18 heavy (non-hydrogen) atoms. The Morgan fingerprint density at radius 2 is 1.89 bits per heavy atom. The Balaban J connectivity index is 1.77. The lowest BCUT2D eigenvalue weighted by Crippen LogP contribution is -2.40. The van der Waals surface area contributed by atoms with Crippen LogP contribution in [0.3, 0.4) is 0 Å². The average Bonchev–Trinajstić information content (AvgIpc) is 2.90. The molecule has 2 aliphatic rings. The third-order valence-corrected chi connectivity index (χ3v) is 4.65. The highest BCUT2D eigenvalue weighted by Crippen LogP contribution is 2.41. The molecular formula is C14H17FN2S. The molecule has 0 bridgehead atoms. The predicted molar refractivity (Wildman–Crippen MR) is 73.6 cm³/mol. The second-order valence-corrected chi connectivity index (χ2v) is 5.74. The smallest absolute Gasteiger partial charge is 0.123 e. The summed E-state index contributed by atoms with van der Waals surface area (Å²) < 4.78 is 13.0. The summed E-state index contributed by atoms with van der Waals surface area (Å²) in [6.45, 7) is 2.19. The molecule has 3 rings (SSSR count). The molecule has 0 aliphatic carbocycles. The number of benzene rings is 1. The summed E-state index contributed by atoms with van der Waals surface area (Å²) in [5.74, 6) is -0.164. The van der Waals surface area contributed by atoms with Crippen molar-refractivity contribution in [1.82, 2.24) is 10.2 Å². The van der Waals surface area contributed by atoms with Crippen LogP contribution in [0.1, 0.15) is 23.8 Å². The van der Waals surface area contributed by atoms with Crippen molar-refractivity contribution >= 4 is 11.8 Å². The van der Waals surface area contributed by atoms with Gasteiger partial charge in [0, 0.05) is 12.2 Å². The van der Waals surface area contributed by atoms with Gasteiger partial charge in [-0.05, 0) is 49.0 Å². The molecule has 4 heteroatoms. The molecule has 0 spiro atoms. The van der Waals surface area contributed by atoms with Crippen molar-refractivity contribution in [2.45, 2.75) is 24.3 Å². The van der Waals surface area contributed by atoms with Crippen LogP contribution in [0.4, 0.5) is 4.39 Å². The maximum absolute atomic E-state index is 13.0. The van der Waals surface area contributed by atoms with Crippen molar-refractivity contribution in [3.8, 4) is 0 Å². The average molecular weight is 264 g/mol. The monoisotopic (exact) mass is 264 g/mol. The van der Waals surface area contributed by atoms with Crippen LogP contribution in [-0.4, -0.2) is 24.0 Å². The van der Waals surface area contributed by atoms with Crippen LogP contribution in [0.25, 0.3) is 0 Å². The van der Waals surface area contributed by atoms with Crippen molar-refractivity contribution in [3.63, 3.8) is 0 Å². The summed E-state index contributed by atoms with van der Waals surface area (Å²) in [6.07, 6.45) is 4.56. The number of hydrogen-bond acceptors (Lipinski definition) is 3. The molecule has 2 heterocycles. The Labute approximate surface area is 111 Å². The molecule has 96 valence electrons. The van der Waals surface area contributed by atoms with Crippen molar-refractivity contribution < 1.29 is 4.39 Å². The fourth-order valence-electron chi connectivity index (χ4n) is 2.62. The van der Waals surface area contributed by atoms with Gasteiger partial charge in [0.05, 0.1) is 0 Å². The van der Waals surface area contributed by atoms with Gasteiger partial charge in [0.1, 0.15) is 11.2 Å². The molecule has 0 amide bonds. The van der Waals surface area contributed by atoms with Gasteiger partial charge in [-0.2, -0.15) is 0 Å². The van der Waals surface area contributed by atoms with E-state index in [1.807, 2.05) is 12.1 Å². The van der Waals surface area contributed by atoms with E-state index in [1.165, 1.54) is 18.4 Å². The van der Waals surface area contributed by atoms with Crippen molar-refractivity contribution in [2.24, 2.45) is 0 Å². The van der Waals surface area contributed by atoms with E-state index >= 15 is 0 Å². The number of nitrogens with one attached hydrogen (secondary N) is 1. The molecule has 1 aromatic carbocycles. The van der Waals surface area contributed by atoms with Gasteiger partial charge in [-0.1, -0.05) is 12.1 Å². The SMILES string of the molecule is Fc1ccc(C2SC=CN2C2CCNCC2)cc1. The lowest BCUT2D eigenvalue weighted by Gasteiger charge is -2.36. The van der Waals surface area contributed by atoms with Gasteiger partial charge >= 0.3 is 0 Å². The molecule has 0 saturated carbocycles. The summed E-state index contributed by atoms with van der Waals surface area (Å²) in [6, 6.07) is 7.50. The summed E-state index contributed by atoms with van der Waals surface area (Å²) in [7, 11) is 0. The van der Waals surface area contributed by atoms with E-state index in [0.717, 1.165) is 13.1 Å². The standard InChI is InChI=1S/C14H17FN2S/c15-12-3-1-11(2-4-12)14-17(9-10-18-14)13-5-7-16-8-6-13/h1-4,9-10,13-14,16H,5-8H2. The van der Waals surface area contributed by atoms with Crippen LogP contribution < -0.4 is 5.32 Å². The second kappa shape index (κ2) is 5.33. The molecular weight excluding hydrogens is 247 g/mol. The van der Waals surface area contributed by atoms with Crippen LogP contribution in [0, 0.1) is 5.82 Å². The van der Waals surface area contributed by atoms with E-state index in [0.29, 0.717) is 11.4 Å². The van der Waals surface area contributed by atoms with Gasteiger partial charge < -0.3 is 10.2 Å². The maximum Gasteiger partial charge on any atom is 0.123 e. The lowest BCUT2D eigenvalue weighted by atomic mass is 10.0. The van der Waals surface area contributed by atoms with Crippen LogP contribution in [0.2, 0.25) is 0 Å². The van der Waals surface area contributed by atoms with E-state index in [2.05, 4.69) is 21.8 Å². The summed E-state index contributed by atoms with van der Waals surface area (Å²) >= 11 is 1.81. The molecule has 2 nitrogen and oxygen atoms in total. The zero-order valence-electron chi connectivity index (χ0n) is 10.2. The van der Waals surface area contributed by atoms with E-state index < -0.39 is 0 Å². The zero-order valence-corrected chi connectivity index (χ0v) is 11.0. The van der Waals surface area contributed by atoms with Gasteiger partial charge in [0.15, 0.2) is 0 Å². The highest BCUT2D eigenvalue weighted by atomic mass is 32.2. The Kier molecular flexibility index (Phi) is 3.57. The third kappa shape index (κ3) is 2.40. The first-order valence-electron chi connectivity index (χ1n) is 6.40. The Bertz CT molecular complexity index is 426. The summed E-state index contributed by atoms with van der Waals surface area (Å²) in [5.41, 5.74) is 1.19. The van der Waals surface area contributed by atoms with Crippen LogP contribution >= 0.6 is 11.8 Å². The van der Waals surface area contributed by atoms with Gasteiger partial charge in [0.2, 0.25) is 0 Å². The molecule has 0 aromatic heterocycles. The van der Waals surface area contributed by atoms with Crippen molar-refractivity contribution in [3.05, 3.63) is 47.3 Å². The van der Waals surface area contributed by atoms with Gasteiger partial charge in [-0.25, -0.2) is 4.39 Å². The number of halogens is 1. The topological polar surface area (TPSA) is 15.3 Å². The van der Waals surface area contributed by atoms with Crippen LogP contribution in [-0.2, 0) is 0 Å². The van der Waals surface area contributed by atoms with E-state index in [1.54, 1.807) is 23.9 Å². The lowest BCUT2D eigenvalue weighted by molar-refractivity contribution is 0.218. The highest BCUT2D eigenvalue weighted by molar-refractivity contribution is 8.02. The van der Waals surface area contributed by atoms with Crippen LogP contribution in [0.15, 0.2) is 35.9 Å². The highest BCUT2D eigenvalue weighted by Gasteiger charge is 2.29. The van der Waals surface area contributed by atoms with E-state index in [4.69, 9.17) is 0 Å². The fourth-order valence-corrected chi connectivity index (χ4v) is 3.68. The van der Waals surface area contributed by atoms with Crippen LogP contribution in [0.5, 0.6) is 0 Å². The number of piperidine rings is 1. The normalized spacial score (nSPS) is 24.7. The Hall–Kier alpha value is -1.00. The van der Waals surface area contributed by atoms with Crippen molar-refractivity contribution in [1.29, 1.82) is 0 Å². The predicted octanol–water partition coefficient (Wildman–Crippen LogP) is 3.10. The number of rotatable bonds is 2. The molecule has 1 N–H and O–H groups in total. The van der Waals surface area contributed by atoms with E-state index in [-0.39, 0.29) is 5.82 Å². The third-order valence-electron chi connectivity index (χ3n) is 3.60. The minimum Gasteiger partial charge on any atom is -0.358 e.